The Morgan fingerprint density at radius 1 is 1.25 bits per heavy atom. The Morgan fingerprint density at radius 3 is 2.75 bits per heavy atom. The zero-order chi connectivity index (χ0) is 13.8. The summed E-state index contributed by atoms with van der Waals surface area (Å²) in [6, 6.07) is 4.58. The fourth-order valence-electron chi connectivity index (χ4n) is 2.97. The normalized spacial score (nSPS) is 18.1. The van der Waals surface area contributed by atoms with Crippen LogP contribution < -0.4 is 4.80 Å². The van der Waals surface area contributed by atoms with Crippen molar-refractivity contribution in [3.63, 3.8) is 0 Å². The summed E-state index contributed by atoms with van der Waals surface area (Å²) in [5.74, 6) is 0. The fourth-order valence-corrected chi connectivity index (χ4v) is 3.93. The molecule has 20 heavy (non-hydrogen) atoms. The van der Waals surface area contributed by atoms with Crippen LogP contribution in [-0.4, -0.2) is 9.55 Å². The number of hydrogen-bond donors (Lipinski definition) is 0. The molecule has 1 saturated carbocycles. The molecule has 3 nitrogen and oxygen atoms in total. The summed E-state index contributed by atoms with van der Waals surface area (Å²) in [6.45, 7) is 2.20. The van der Waals surface area contributed by atoms with E-state index in [9.17, 15) is 0 Å². The highest BCUT2D eigenvalue weighted by atomic mass is 32.1. The van der Waals surface area contributed by atoms with Gasteiger partial charge in [0, 0.05) is 23.3 Å². The average molecular weight is 287 g/mol. The third kappa shape index (κ3) is 3.01. The highest BCUT2D eigenvalue weighted by Crippen LogP contribution is 2.27. The first-order valence-electron chi connectivity index (χ1n) is 7.46. The second-order valence-corrected chi connectivity index (χ2v) is 6.33. The van der Waals surface area contributed by atoms with E-state index in [2.05, 4.69) is 21.9 Å². The molecule has 0 saturated heterocycles. The van der Waals surface area contributed by atoms with Gasteiger partial charge in [-0.2, -0.15) is 0 Å². The minimum atomic E-state index is 0.624. The van der Waals surface area contributed by atoms with Crippen molar-refractivity contribution in [3.8, 4) is 0 Å². The first-order valence-corrected chi connectivity index (χ1v) is 8.34. The summed E-state index contributed by atoms with van der Waals surface area (Å²) >= 11 is 1.74. The molecule has 0 radical (unpaired) electrons. The number of aryl methyl sites for hydroxylation is 1. The molecule has 0 unspecified atom stereocenters. The Kier molecular flexibility index (Phi) is 4.31. The van der Waals surface area contributed by atoms with Gasteiger partial charge in [-0.05, 0) is 31.9 Å². The molecule has 0 amide bonds. The zero-order valence-electron chi connectivity index (χ0n) is 12.0. The van der Waals surface area contributed by atoms with Crippen LogP contribution in [-0.2, 0) is 0 Å². The van der Waals surface area contributed by atoms with Gasteiger partial charge in [0.2, 0.25) is 0 Å². The van der Waals surface area contributed by atoms with Crippen molar-refractivity contribution in [2.75, 3.05) is 0 Å². The molecule has 1 fully saturated rings. The largest absolute Gasteiger partial charge is 0.318 e. The van der Waals surface area contributed by atoms with Crippen LogP contribution >= 0.6 is 11.3 Å². The van der Waals surface area contributed by atoms with E-state index in [-0.39, 0.29) is 0 Å². The van der Waals surface area contributed by atoms with Crippen molar-refractivity contribution >= 4 is 17.0 Å². The Morgan fingerprint density at radius 2 is 2.05 bits per heavy atom. The predicted octanol–water partition coefficient (Wildman–Crippen LogP) is 4.38. The lowest BCUT2D eigenvalue weighted by Gasteiger charge is -2.18. The third-order valence-corrected chi connectivity index (χ3v) is 4.94. The van der Waals surface area contributed by atoms with Crippen molar-refractivity contribution in [2.24, 2.45) is 4.99 Å². The van der Waals surface area contributed by atoms with E-state index >= 15 is 0 Å². The van der Waals surface area contributed by atoms with Gasteiger partial charge in [0.05, 0.1) is 11.9 Å². The fraction of sp³-hybridized carbons (Fsp3) is 0.500. The number of rotatable bonds is 2. The molecule has 0 aromatic carbocycles. The van der Waals surface area contributed by atoms with Gasteiger partial charge in [-0.1, -0.05) is 25.7 Å². The number of thiazole rings is 1. The van der Waals surface area contributed by atoms with Crippen LogP contribution in [0.5, 0.6) is 0 Å². The standard InChI is InChI=1S/C16H21N3S/c1-13-12-20-16(18-14-7-6-10-17-11-14)19(13)15-8-4-2-3-5-9-15/h6-7,10-12,15H,2-5,8-9H2,1H3. The van der Waals surface area contributed by atoms with E-state index in [4.69, 9.17) is 4.99 Å². The Balaban J connectivity index is 1.98. The summed E-state index contributed by atoms with van der Waals surface area (Å²) in [5.41, 5.74) is 2.28. The zero-order valence-corrected chi connectivity index (χ0v) is 12.8. The van der Waals surface area contributed by atoms with Crippen molar-refractivity contribution in [1.29, 1.82) is 0 Å². The molecule has 0 aliphatic heterocycles. The van der Waals surface area contributed by atoms with E-state index in [0.29, 0.717) is 6.04 Å². The summed E-state index contributed by atoms with van der Waals surface area (Å²) < 4.78 is 2.45. The van der Waals surface area contributed by atoms with E-state index in [0.717, 1.165) is 10.5 Å². The number of hydrogen-bond acceptors (Lipinski definition) is 3. The predicted molar refractivity (Wildman–Crippen MR) is 83.2 cm³/mol. The molecule has 1 aliphatic rings. The molecule has 2 aromatic heterocycles. The monoisotopic (exact) mass is 287 g/mol. The number of pyridine rings is 1. The van der Waals surface area contributed by atoms with Gasteiger partial charge in [-0.15, -0.1) is 11.3 Å². The van der Waals surface area contributed by atoms with E-state index in [1.807, 2.05) is 18.3 Å². The van der Waals surface area contributed by atoms with Gasteiger partial charge >= 0.3 is 0 Å². The highest BCUT2D eigenvalue weighted by molar-refractivity contribution is 7.07. The Bertz CT molecular complexity index is 604. The van der Waals surface area contributed by atoms with E-state index < -0.39 is 0 Å². The van der Waals surface area contributed by atoms with E-state index in [1.165, 1.54) is 44.2 Å². The topological polar surface area (TPSA) is 30.2 Å². The molecule has 2 heterocycles. The molecule has 0 N–H and O–H groups in total. The van der Waals surface area contributed by atoms with Crippen LogP contribution in [0.3, 0.4) is 0 Å². The summed E-state index contributed by atoms with van der Waals surface area (Å²) in [6.07, 6.45) is 11.7. The molecule has 1 aliphatic carbocycles. The molecule has 2 aromatic rings. The van der Waals surface area contributed by atoms with Gasteiger partial charge in [0.1, 0.15) is 0 Å². The van der Waals surface area contributed by atoms with Gasteiger partial charge in [-0.25, -0.2) is 4.99 Å². The van der Waals surface area contributed by atoms with Crippen LogP contribution in [0.15, 0.2) is 34.9 Å². The summed E-state index contributed by atoms with van der Waals surface area (Å²) in [4.78, 5) is 10.0. The van der Waals surface area contributed by atoms with Crippen LogP contribution in [0, 0.1) is 6.92 Å². The summed E-state index contributed by atoms with van der Waals surface area (Å²) in [7, 11) is 0. The first-order chi connectivity index (χ1) is 9.84. The van der Waals surface area contributed by atoms with Crippen LogP contribution in [0.4, 0.5) is 5.69 Å². The van der Waals surface area contributed by atoms with Gasteiger partial charge < -0.3 is 4.57 Å². The molecular weight excluding hydrogens is 266 g/mol. The molecule has 0 bridgehead atoms. The lowest BCUT2D eigenvalue weighted by molar-refractivity contribution is 0.428. The molecule has 0 spiro atoms. The van der Waals surface area contributed by atoms with Crippen molar-refractivity contribution < 1.29 is 0 Å². The maximum atomic E-state index is 4.79. The highest BCUT2D eigenvalue weighted by Gasteiger charge is 2.16. The lowest BCUT2D eigenvalue weighted by atomic mass is 10.1. The van der Waals surface area contributed by atoms with E-state index in [1.54, 1.807) is 17.5 Å². The Hall–Kier alpha value is -1.42. The van der Waals surface area contributed by atoms with Gasteiger partial charge in [0.25, 0.3) is 0 Å². The van der Waals surface area contributed by atoms with Crippen LogP contribution in [0.2, 0.25) is 0 Å². The molecule has 106 valence electrons. The quantitative estimate of drug-likeness (QED) is 0.754. The number of aromatic nitrogens is 2. The Labute approximate surface area is 124 Å². The SMILES string of the molecule is Cc1csc(=Nc2cccnc2)n1C1CCCCCC1. The maximum Gasteiger partial charge on any atom is 0.190 e. The molecule has 4 heteroatoms. The van der Waals surface area contributed by atoms with Gasteiger partial charge in [-0.3, -0.25) is 4.98 Å². The van der Waals surface area contributed by atoms with Crippen molar-refractivity contribution in [1.82, 2.24) is 9.55 Å². The molecular formula is C16H21N3S. The summed E-state index contributed by atoms with van der Waals surface area (Å²) in [5, 5.41) is 2.22. The molecule has 0 atom stereocenters. The van der Waals surface area contributed by atoms with Crippen LogP contribution in [0.1, 0.15) is 50.3 Å². The van der Waals surface area contributed by atoms with Crippen LogP contribution in [0.25, 0.3) is 0 Å². The molecule has 3 rings (SSSR count). The average Bonchev–Trinajstić information content (AvgIpc) is 2.69. The maximum absolute atomic E-state index is 4.79. The smallest absolute Gasteiger partial charge is 0.190 e. The number of nitrogens with zero attached hydrogens (tertiary/aromatic N) is 3. The van der Waals surface area contributed by atoms with Crippen molar-refractivity contribution in [3.05, 3.63) is 40.4 Å². The minimum Gasteiger partial charge on any atom is -0.318 e. The third-order valence-electron chi connectivity index (χ3n) is 3.98. The second-order valence-electron chi connectivity index (χ2n) is 5.50. The van der Waals surface area contributed by atoms with Crippen molar-refractivity contribution in [2.45, 2.75) is 51.5 Å². The van der Waals surface area contributed by atoms with Gasteiger partial charge in [0.15, 0.2) is 4.80 Å². The second kappa shape index (κ2) is 6.35. The minimum absolute atomic E-state index is 0.624. The first kappa shape index (κ1) is 13.6. The lowest BCUT2D eigenvalue weighted by Crippen LogP contribution is -2.21.